The number of aromatic carboxylic acids is 1. The summed E-state index contributed by atoms with van der Waals surface area (Å²) in [6.45, 7) is 1.38. The van der Waals surface area contributed by atoms with Gasteiger partial charge in [0.1, 0.15) is 11.6 Å². The second kappa shape index (κ2) is 6.71. The maximum Gasteiger partial charge on any atom is 0.335 e. The third-order valence-electron chi connectivity index (χ3n) is 3.46. The van der Waals surface area contributed by atoms with Gasteiger partial charge < -0.3 is 10.0 Å². The van der Waals surface area contributed by atoms with E-state index in [1.807, 2.05) is 6.07 Å². The summed E-state index contributed by atoms with van der Waals surface area (Å²) in [7, 11) is 0. The molecule has 5 heteroatoms. The summed E-state index contributed by atoms with van der Waals surface area (Å²) >= 11 is 0. The first-order valence-electron chi connectivity index (χ1n) is 6.86. The lowest BCUT2D eigenvalue weighted by atomic mass is 10.1. The molecule has 1 amide bonds. The van der Waals surface area contributed by atoms with E-state index in [4.69, 9.17) is 5.11 Å². The molecule has 0 saturated carbocycles. The Morgan fingerprint density at radius 2 is 1.76 bits per heavy atom. The predicted octanol–water partition coefficient (Wildman–Crippen LogP) is 2.30. The average molecular weight is 284 g/mol. The van der Waals surface area contributed by atoms with Gasteiger partial charge in [-0.2, -0.15) is 5.26 Å². The molecule has 0 aromatic heterocycles. The maximum atomic E-state index is 12.2. The van der Waals surface area contributed by atoms with E-state index in [0.29, 0.717) is 18.7 Å². The summed E-state index contributed by atoms with van der Waals surface area (Å²) < 4.78 is 0. The minimum Gasteiger partial charge on any atom is -0.478 e. The Bertz CT molecular complexity index is 605. The van der Waals surface area contributed by atoms with Crippen LogP contribution in [0.2, 0.25) is 0 Å². The lowest BCUT2D eigenvalue weighted by Crippen LogP contribution is -2.36. The molecule has 0 spiro atoms. The van der Waals surface area contributed by atoms with Crippen LogP contribution in [-0.4, -0.2) is 35.0 Å². The Hall–Kier alpha value is -2.61. The monoisotopic (exact) mass is 284 g/mol. The number of hydrogen-bond acceptors (Lipinski definition) is 3. The van der Waals surface area contributed by atoms with Crippen molar-refractivity contribution in [3.63, 3.8) is 0 Å². The number of carboxylic acid groups (broad SMARTS) is 1. The molecule has 1 aromatic rings. The average Bonchev–Trinajstić information content (AvgIpc) is 2.53. The number of likely N-dealkylation sites (tertiary alicyclic amines) is 1. The molecule has 0 bridgehead atoms. The van der Waals surface area contributed by atoms with Gasteiger partial charge in [-0.05, 0) is 43.0 Å². The summed E-state index contributed by atoms with van der Waals surface area (Å²) in [6, 6.07) is 8.02. The van der Waals surface area contributed by atoms with Crippen LogP contribution in [0.15, 0.2) is 29.8 Å². The molecule has 1 aliphatic rings. The molecular weight excluding hydrogens is 268 g/mol. The summed E-state index contributed by atoms with van der Waals surface area (Å²) in [5, 5.41) is 18.0. The summed E-state index contributed by atoms with van der Waals surface area (Å²) in [6.07, 6.45) is 4.56. The van der Waals surface area contributed by atoms with Gasteiger partial charge in [0.2, 0.25) is 0 Å². The highest BCUT2D eigenvalue weighted by molar-refractivity contribution is 6.01. The number of rotatable bonds is 3. The van der Waals surface area contributed by atoms with E-state index in [1.165, 1.54) is 18.2 Å². The second-order valence-electron chi connectivity index (χ2n) is 4.95. The number of hydrogen-bond donors (Lipinski definition) is 1. The van der Waals surface area contributed by atoms with Crippen molar-refractivity contribution in [2.45, 2.75) is 19.3 Å². The number of amides is 1. The molecule has 1 saturated heterocycles. The van der Waals surface area contributed by atoms with Gasteiger partial charge in [0, 0.05) is 13.1 Å². The van der Waals surface area contributed by atoms with E-state index in [-0.39, 0.29) is 17.0 Å². The smallest absolute Gasteiger partial charge is 0.335 e. The van der Waals surface area contributed by atoms with Crippen LogP contribution in [0.5, 0.6) is 0 Å². The quantitative estimate of drug-likeness (QED) is 0.682. The van der Waals surface area contributed by atoms with E-state index < -0.39 is 5.97 Å². The minimum absolute atomic E-state index is 0.0833. The first kappa shape index (κ1) is 14.8. The van der Waals surface area contributed by atoms with E-state index in [9.17, 15) is 14.9 Å². The van der Waals surface area contributed by atoms with Crippen molar-refractivity contribution in [3.05, 3.63) is 41.0 Å². The molecule has 0 atom stereocenters. The van der Waals surface area contributed by atoms with Gasteiger partial charge in [-0.25, -0.2) is 4.79 Å². The number of nitriles is 1. The highest BCUT2D eigenvalue weighted by atomic mass is 16.4. The van der Waals surface area contributed by atoms with Crippen LogP contribution >= 0.6 is 0 Å². The Morgan fingerprint density at radius 3 is 2.29 bits per heavy atom. The molecule has 1 N–H and O–H groups in total. The Morgan fingerprint density at radius 1 is 1.14 bits per heavy atom. The van der Waals surface area contributed by atoms with Crippen molar-refractivity contribution >= 4 is 18.0 Å². The molecule has 1 fully saturated rings. The maximum absolute atomic E-state index is 12.2. The van der Waals surface area contributed by atoms with Crippen molar-refractivity contribution in [1.29, 1.82) is 5.26 Å². The zero-order valence-corrected chi connectivity index (χ0v) is 11.6. The van der Waals surface area contributed by atoms with Gasteiger partial charge >= 0.3 is 5.97 Å². The largest absolute Gasteiger partial charge is 0.478 e. The number of benzene rings is 1. The molecule has 5 nitrogen and oxygen atoms in total. The van der Waals surface area contributed by atoms with Crippen molar-refractivity contribution in [2.75, 3.05) is 13.1 Å². The van der Waals surface area contributed by atoms with Crippen molar-refractivity contribution in [1.82, 2.24) is 4.90 Å². The van der Waals surface area contributed by atoms with Crippen LogP contribution in [0.25, 0.3) is 6.08 Å². The fourth-order valence-electron chi connectivity index (χ4n) is 2.30. The van der Waals surface area contributed by atoms with Crippen LogP contribution in [0.3, 0.4) is 0 Å². The summed E-state index contributed by atoms with van der Waals surface area (Å²) in [5.41, 5.74) is 0.898. The molecule has 1 aliphatic heterocycles. The number of carboxylic acids is 1. The van der Waals surface area contributed by atoms with Crippen LogP contribution in [0.4, 0.5) is 0 Å². The molecule has 21 heavy (non-hydrogen) atoms. The summed E-state index contributed by atoms with van der Waals surface area (Å²) in [4.78, 5) is 24.7. The van der Waals surface area contributed by atoms with E-state index >= 15 is 0 Å². The number of piperidine rings is 1. The third-order valence-corrected chi connectivity index (χ3v) is 3.46. The fourth-order valence-corrected chi connectivity index (χ4v) is 2.30. The van der Waals surface area contributed by atoms with Crippen LogP contribution in [0.1, 0.15) is 35.2 Å². The van der Waals surface area contributed by atoms with Crippen molar-refractivity contribution in [2.24, 2.45) is 0 Å². The molecule has 0 radical (unpaired) electrons. The number of carbonyl (C=O) groups excluding carboxylic acids is 1. The Kier molecular flexibility index (Phi) is 4.72. The normalized spacial score (nSPS) is 15.4. The van der Waals surface area contributed by atoms with Crippen LogP contribution in [0, 0.1) is 11.3 Å². The van der Waals surface area contributed by atoms with Gasteiger partial charge in [-0.3, -0.25) is 4.79 Å². The van der Waals surface area contributed by atoms with Crippen molar-refractivity contribution < 1.29 is 14.7 Å². The Balaban J connectivity index is 2.17. The van der Waals surface area contributed by atoms with E-state index in [1.54, 1.807) is 17.0 Å². The SMILES string of the molecule is N#C/C(=C/c1ccc(C(=O)O)cc1)C(=O)N1CCCCC1. The van der Waals surface area contributed by atoms with Crippen molar-refractivity contribution in [3.8, 4) is 6.07 Å². The molecule has 2 rings (SSSR count). The van der Waals surface area contributed by atoms with Gasteiger partial charge in [0.15, 0.2) is 0 Å². The van der Waals surface area contributed by atoms with E-state index in [2.05, 4.69) is 0 Å². The lowest BCUT2D eigenvalue weighted by Gasteiger charge is -2.26. The predicted molar refractivity (Wildman–Crippen MR) is 77.4 cm³/mol. The molecule has 108 valence electrons. The van der Waals surface area contributed by atoms with Gasteiger partial charge in [0.05, 0.1) is 5.56 Å². The van der Waals surface area contributed by atoms with Crippen LogP contribution in [-0.2, 0) is 4.79 Å². The Labute approximate surface area is 123 Å². The van der Waals surface area contributed by atoms with Gasteiger partial charge in [0.25, 0.3) is 5.91 Å². The van der Waals surface area contributed by atoms with Crippen LogP contribution < -0.4 is 0 Å². The summed E-state index contributed by atoms with van der Waals surface area (Å²) in [5.74, 6) is -1.25. The fraction of sp³-hybridized carbons (Fsp3) is 0.312. The van der Waals surface area contributed by atoms with Gasteiger partial charge in [-0.15, -0.1) is 0 Å². The topological polar surface area (TPSA) is 81.4 Å². The molecule has 1 heterocycles. The zero-order valence-electron chi connectivity index (χ0n) is 11.6. The first-order valence-corrected chi connectivity index (χ1v) is 6.86. The highest BCUT2D eigenvalue weighted by Gasteiger charge is 2.20. The standard InChI is InChI=1S/C16H16N2O3/c17-11-14(15(19)18-8-2-1-3-9-18)10-12-4-6-13(7-5-12)16(20)21/h4-7,10H,1-3,8-9H2,(H,20,21)/b14-10-. The molecular formula is C16H16N2O3. The lowest BCUT2D eigenvalue weighted by molar-refractivity contribution is -0.127. The highest BCUT2D eigenvalue weighted by Crippen LogP contribution is 2.15. The number of carbonyl (C=O) groups is 2. The second-order valence-corrected chi connectivity index (χ2v) is 4.95. The number of nitrogens with zero attached hydrogens (tertiary/aromatic N) is 2. The van der Waals surface area contributed by atoms with E-state index in [0.717, 1.165) is 19.3 Å². The zero-order chi connectivity index (χ0) is 15.2. The first-order chi connectivity index (χ1) is 10.1. The minimum atomic E-state index is -1.00. The van der Waals surface area contributed by atoms with Gasteiger partial charge in [-0.1, -0.05) is 12.1 Å². The molecule has 1 aromatic carbocycles. The third kappa shape index (κ3) is 3.69. The molecule has 0 aliphatic carbocycles. The molecule has 0 unspecified atom stereocenters.